The summed E-state index contributed by atoms with van der Waals surface area (Å²) < 4.78 is 18.4. The molecule has 0 aliphatic heterocycles. The second kappa shape index (κ2) is 4.63. The Labute approximate surface area is 94.2 Å². The van der Waals surface area contributed by atoms with Gasteiger partial charge >= 0.3 is 0 Å². The number of aromatic nitrogens is 1. The van der Waals surface area contributed by atoms with Gasteiger partial charge in [0.05, 0.1) is 0 Å². The summed E-state index contributed by atoms with van der Waals surface area (Å²) in [6.07, 6.45) is 0.735. The maximum atomic E-state index is 13.7. The number of hydrogen-bond acceptors (Lipinski definition) is 3. The fourth-order valence-electron chi connectivity index (χ4n) is 1.22. The lowest BCUT2D eigenvalue weighted by atomic mass is 9.90. The van der Waals surface area contributed by atoms with Crippen LogP contribution >= 0.6 is 0 Å². The molecule has 0 aliphatic rings. The van der Waals surface area contributed by atoms with Gasteiger partial charge in [0, 0.05) is 12.8 Å². The molecule has 0 saturated carbocycles. The molecule has 0 aromatic carbocycles. The topological polar surface area (TPSA) is 55.1 Å². The third-order valence-electron chi connectivity index (χ3n) is 1.97. The smallest absolute Gasteiger partial charge is 0.267 e. The number of hydrogen-bond donors (Lipinski definition) is 1. The zero-order chi connectivity index (χ0) is 12.3. The van der Waals surface area contributed by atoms with Crippen molar-refractivity contribution in [2.24, 2.45) is 5.41 Å². The highest BCUT2D eigenvalue weighted by molar-refractivity contribution is 5.89. The first-order valence-electron chi connectivity index (χ1n) is 5.27. The van der Waals surface area contributed by atoms with Crippen molar-refractivity contribution in [3.63, 3.8) is 0 Å². The standard InChI is InChI=1S/C11H17FN2O2/c1-5-8(15)13-10-9(12)7(14-16-10)6-11(2,3)4/h5-6H2,1-4H3,(H,13,15). The molecule has 0 aliphatic carbocycles. The summed E-state index contributed by atoms with van der Waals surface area (Å²) in [5.74, 6) is -1.06. The first-order valence-corrected chi connectivity index (χ1v) is 5.27. The number of carbonyl (C=O) groups excluding carboxylic acids is 1. The van der Waals surface area contributed by atoms with Crippen molar-refractivity contribution in [1.82, 2.24) is 5.16 Å². The van der Waals surface area contributed by atoms with Crippen molar-refractivity contribution < 1.29 is 13.7 Å². The van der Waals surface area contributed by atoms with E-state index in [1.165, 1.54) is 0 Å². The van der Waals surface area contributed by atoms with Crippen molar-refractivity contribution >= 4 is 11.8 Å². The van der Waals surface area contributed by atoms with Gasteiger partial charge in [0.1, 0.15) is 5.69 Å². The zero-order valence-electron chi connectivity index (χ0n) is 10.1. The first-order chi connectivity index (χ1) is 7.33. The largest absolute Gasteiger partial charge is 0.335 e. The molecule has 1 amide bonds. The number of carbonyl (C=O) groups is 1. The molecule has 0 spiro atoms. The molecular weight excluding hydrogens is 211 g/mol. The van der Waals surface area contributed by atoms with E-state index in [1.807, 2.05) is 20.8 Å². The Kier molecular flexibility index (Phi) is 3.67. The van der Waals surface area contributed by atoms with E-state index in [0.717, 1.165) is 0 Å². The summed E-state index contributed by atoms with van der Waals surface area (Å²) in [7, 11) is 0. The second-order valence-electron chi connectivity index (χ2n) is 4.91. The lowest BCUT2D eigenvalue weighted by Crippen LogP contribution is -2.12. The molecule has 0 saturated heterocycles. The minimum absolute atomic E-state index is 0.0796. The van der Waals surface area contributed by atoms with E-state index in [-0.39, 0.29) is 29.3 Å². The Balaban J connectivity index is 2.80. The van der Waals surface area contributed by atoms with Crippen LogP contribution in [0.25, 0.3) is 0 Å². The predicted molar refractivity (Wildman–Crippen MR) is 58.5 cm³/mol. The molecule has 0 fully saturated rings. The van der Waals surface area contributed by atoms with Gasteiger partial charge in [-0.25, -0.2) is 0 Å². The van der Waals surface area contributed by atoms with Crippen LogP contribution in [0.1, 0.15) is 39.8 Å². The molecule has 0 bridgehead atoms. The predicted octanol–water partition coefficient (Wildman–Crippen LogP) is 2.75. The van der Waals surface area contributed by atoms with Crippen molar-refractivity contribution in [2.45, 2.75) is 40.5 Å². The van der Waals surface area contributed by atoms with Gasteiger partial charge in [-0.3, -0.25) is 10.1 Å². The van der Waals surface area contributed by atoms with Crippen LogP contribution in [0.15, 0.2) is 4.52 Å². The van der Waals surface area contributed by atoms with E-state index < -0.39 is 5.82 Å². The third-order valence-corrected chi connectivity index (χ3v) is 1.97. The molecule has 1 rings (SSSR count). The van der Waals surface area contributed by atoms with Crippen LogP contribution in [0.3, 0.4) is 0 Å². The molecule has 90 valence electrons. The van der Waals surface area contributed by atoms with Gasteiger partial charge in [-0.2, -0.15) is 4.39 Å². The van der Waals surface area contributed by atoms with Crippen LogP contribution in [-0.4, -0.2) is 11.1 Å². The van der Waals surface area contributed by atoms with E-state index in [4.69, 9.17) is 4.52 Å². The van der Waals surface area contributed by atoms with Crippen molar-refractivity contribution in [2.75, 3.05) is 5.32 Å². The van der Waals surface area contributed by atoms with E-state index in [1.54, 1.807) is 6.92 Å². The van der Waals surface area contributed by atoms with Crippen LogP contribution in [0.5, 0.6) is 0 Å². The van der Waals surface area contributed by atoms with Gasteiger partial charge < -0.3 is 4.52 Å². The molecular formula is C11H17FN2O2. The van der Waals surface area contributed by atoms with Crippen LogP contribution in [-0.2, 0) is 11.2 Å². The molecule has 16 heavy (non-hydrogen) atoms. The number of anilines is 1. The van der Waals surface area contributed by atoms with Crippen molar-refractivity contribution in [3.8, 4) is 0 Å². The summed E-state index contributed by atoms with van der Waals surface area (Å²) in [4.78, 5) is 11.1. The maximum Gasteiger partial charge on any atom is 0.267 e. The van der Waals surface area contributed by atoms with Crippen LogP contribution in [0.4, 0.5) is 10.3 Å². The quantitative estimate of drug-likeness (QED) is 0.865. The fourth-order valence-corrected chi connectivity index (χ4v) is 1.22. The van der Waals surface area contributed by atoms with E-state index in [2.05, 4.69) is 10.5 Å². The van der Waals surface area contributed by atoms with Crippen LogP contribution < -0.4 is 5.32 Å². The highest BCUT2D eigenvalue weighted by Gasteiger charge is 2.22. The number of nitrogens with zero attached hydrogens (tertiary/aromatic N) is 1. The highest BCUT2D eigenvalue weighted by atomic mass is 19.1. The van der Waals surface area contributed by atoms with Gasteiger partial charge in [-0.05, 0) is 5.41 Å². The lowest BCUT2D eigenvalue weighted by Gasteiger charge is -2.15. The van der Waals surface area contributed by atoms with Gasteiger partial charge in [-0.1, -0.05) is 32.9 Å². The summed E-state index contributed by atoms with van der Waals surface area (Å²) >= 11 is 0. The van der Waals surface area contributed by atoms with Gasteiger partial charge in [0.2, 0.25) is 11.7 Å². The van der Waals surface area contributed by atoms with Gasteiger partial charge in [-0.15, -0.1) is 0 Å². The molecule has 0 radical (unpaired) electrons. The van der Waals surface area contributed by atoms with Gasteiger partial charge in [0.15, 0.2) is 0 Å². The third kappa shape index (κ3) is 3.32. The fraction of sp³-hybridized carbons (Fsp3) is 0.636. The van der Waals surface area contributed by atoms with E-state index in [9.17, 15) is 9.18 Å². The Morgan fingerprint density at radius 1 is 1.50 bits per heavy atom. The summed E-state index contributed by atoms with van der Waals surface area (Å²) in [5.41, 5.74) is 0.169. The SMILES string of the molecule is CCC(=O)Nc1onc(CC(C)(C)C)c1F. The average Bonchev–Trinajstić information content (AvgIpc) is 2.47. The van der Waals surface area contributed by atoms with Crippen molar-refractivity contribution in [1.29, 1.82) is 0 Å². The van der Waals surface area contributed by atoms with Crippen molar-refractivity contribution in [3.05, 3.63) is 11.5 Å². The Morgan fingerprint density at radius 3 is 2.62 bits per heavy atom. The molecule has 0 unspecified atom stereocenters. The molecule has 5 heteroatoms. The molecule has 0 atom stereocenters. The number of amides is 1. The minimum atomic E-state index is -0.572. The molecule has 1 aromatic heterocycles. The lowest BCUT2D eigenvalue weighted by molar-refractivity contribution is -0.116. The minimum Gasteiger partial charge on any atom is -0.335 e. The Hall–Kier alpha value is -1.39. The highest BCUT2D eigenvalue weighted by Crippen LogP contribution is 2.25. The number of halogens is 1. The monoisotopic (exact) mass is 228 g/mol. The number of rotatable bonds is 3. The van der Waals surface area contributed by atoms with Gasteiger partial charge in [0.25, 0.3) is 5.88 Å². The van der Waals surface area contributed by atoms with Crippen LogP contribution in [0.2, 0.25) is 0 Å². The second-order valence-corrected chi connectivity index (χ2v) is 4.91. The Morgan fingerprint density at radius 2 is 2.12 bits per heavy atom. The summed E-state index contributed by atoms with van der Waals surface area (Å²) in [6.45, 7) is 7.61. The molecule has 1 N–H and O–H groups in total. The van der Waals surface area contributed by atoms with E-state index >= 15 is 0 Å². The van der Waals surface area contributed by atoms with E-state index in [0.29, 0.717) is 6.42 Å². The molecule has 1 heterocycles. The molecule has 4 nitrogen and oxygen atoms in total. The number of nitrogens with one attached hydrogen (secondary N) is 1. The molecule has 1 aromatic rings. The average molecular weight is 228 g/mol. The zero-order valence-corrected chi connectivity index (χ0v) is 10.1. The Bertz CT molecular complexity index is 380. The maximum absolute atomic E-state index is 13.7. The summed E-state index contributed by atoms with van der Waals surface area (Å²) in [6, 6.07) is 0. The normalized spacial score (nSPS) is 11.6. The van der Waals surface area contributed by atoms with Crippen LogP contribution in [0, 0.1) is 11.2 Å². The summed E-state index contributed by atoms with van der Waals surface area (Å²) in [5, 5.41) is 5.95. The first kappa shape index (κ1) is 12.7.